The van der Waals surface area contributed by atoms with Crippen molar-refractivity contribution in [2.24, 2.45) is 5.92 Å². The first kappa shape index (κ1) is 25.4. The number of amides is 2. The summed E-state index contributed by atoms with van der Waals surface area (Å²) in [5.41, 5.74) is 0.0498. The molecule has 0 aliphatic carbocycles. The Labute approximate surface area is 178 Å². The minimum absolute atomic E-state index is 0.0626. The van der Waals surface area contributed by atoms with Gasteiger partial charge in [-0.05, 0) is 38.7 Å². The maximum absolute atomic E-state index is 12.7. The molecule has 168 valence electrons. The summed E-state index contributed by atoms with van der Waals surface area (Å²) in [6.07, 6.45) is -0.625. The second-order valence-electron chi connectivity index (χ2n) is 8.57. The number of benzene rings is 1. The van der Waals surface area contributed by atoms with Crippen LogP contribution >= 0.6 is 0 Å². The van der Waals surface area contributed by atoms with Gasteiger partial charge in [-0.15, -0.1) is 0 Å². The Morgan fingerprint density at radius 1 is 1.07 bits per heavy atom. The molecule has 0 unspecified atom stereocenters. The fourth-order valence-electron chi connectivity index (χ4n) is 2.67. The molecular weight excluding hydrogens is 388 g/mol. The number of aliphatic hydroxyl groups is 1. The molecule has 0 aliphatic rings. The van der Waals surface area contributed by atoms with E-state index >= 15 is 0 Å². The zero-order valence-corrected chi connectivity index (χ0v) is 18.4. The summed E-state index contributed by atoms with van der Waals surface area (Å²) < 4.78 is 10.4. The molecule has 30 heavy (non-hydrogen) atoms. The Balaban J connectivity index is 2.78. The van der Waals surface area contributed by atoms with Crippen LogP contribution in [0.1, 0.15) is 53.0 Å². The molecule has 0 saturated heterocycles. The quantitative estimate of drug-likeness (QED) is 0.499. The lowest BCUT2D eigenvalue weighted by molar-refractivity contribution is -0.147. The molecule has 8 heteroatoms. The van der Waals surface area contributed by atoms with Gasteiger partial charge in [0, 0.05) is 0 Å². The van der Waals surface area contributed by atoms with Gasteiger partial charge in [0.15, 0.2) is 0 Å². The van der Waals surface area contributed by atoms with Crippen LogP contribution in [0.5, 0.6) is 0 Å². The average Bonchev–Trinajstić information content (AvgIpc) is 2.64. The summed E-state index contributed by atoms with van der Waals surface area (Å²) in [5.74, 6) is -0.979. The monoisotopic (exact) mass is 422 g/mol. The molecule has 0 spiro atoms. The van der Waals surface area contributed by atoms with Gasteiger partial charge in [-0.25, -0.2) is 4.79 Å². The fraction of sp³-hybridized carbons (Fsp3) is 0.591. The van der Waals surface area contributed by atoms with Crippen LogP contribution in [0.25, 0.3) is 0 Å². The largest absolute Gasteiger partial charge is 0.461 e. The number of ether oxygens (including phenoxy) is 2. The number of rotatable bonds is 10. The number of carbonyl (C=O) groups excluding carboxylic acids is 3. The van der Waals surface area contributed by atoms with Crippen LogP contribution in [-0.2, 0) is 25.7 Å². The molecular formula is C22H34N2O6. The highest BCUT2D eigenvalue weighted by atomic mass is 16.6. The standard InChI is InChI=1S/C22H34N2O6/c1-15(2)11-17(13-25)23-20(27)18(24-21(28)30-22(3,4)5)12-19(26)29-14-16-9-7-6-8-10-16/h6-10,15,17-18,25H,11-14H2,1-5H3,(H,23,27)(H,24,28)/t17-,18+/m1/s1. The van der Waals surface area contributed by atoms with Gasteiger partial charge < -0.3 is 25.2 Å². The van der Waals surface area contributed by atoms with Crippen molar-refractivity contribution in [1.29, 1.82) is 0 Å². The minimum atomic E-state index is -1.19. The third-order valence-electron chi connectivity index (χ3n) is 3.94. The van der Waals surface area contributed by atoms with E-state index in [0.29, 0.717) is 6.42 Å². The predicted octanol–water partition coefficient (Wildman–Crippen LogP) is 2.54. The summed E-state index contributed by atoms with van der Waals surface area (Å²) in [6.45, 7) is 8.83. The number of alkyl carbamates (subject to hydrolysis) is 1. The van der Waals surface area contributed by atoms with E-state index in [9.17, 15) is 19.5 Å². The molecule has 0 radical (unpaired) electrons. The second-order valence-corrected chi connectivity index (χ2v) is 8.57. The van der Waals surface area contributed by atoms with Crippen LogP contribution in [0, 0.1) is 5.92 Å². The summed E-state index contributed by atoms with van der Waals surface area (Å²) in [4.78, 5) is 37.1. The van der Waals surface area contributed by atoms with Gasteiger partial charge in [0.1, 0.15) is 18.2 Å². The van der Waals surface area contributed by atoms with E-state index in [-0.39, 0.29) is 25.6 Å². The van der Waals surface area contributed by atoms with Gasteiger partial charge in [-0.2, -0.15) is 0 Å². The first-order chi connectivity index (χ1) is 14.0. The highest BCUT2D eigenvalue weighted by Crippen LogP contribution is 2.09. The highest BCUT2D eigenvalue weighted by Gasteiger charge is 2.28. The lowest BCUT2D eigenvalue weighted by Crippen LogP contribution is -2.52. The molecule has 3 N–H and O–H groups in total. The van der Waals surface area contributed by atoms with Gasteiger partial charge in [-0.1, -0.05) is 44.2 Å². The van der Waals surface area contributed by atoms with E-state index in [0.717, 1.165) is 5.56 Å². The Morgan fingerprint density at radius 3 is 2.23 bits per heavy atom. The number of hydrogen-bond donors (Lipinski definition) is 3. The average molecular weight is 423 g/mol. The smallest absolute Gasteiger partial charge is 0.408 e. The molecule has 8 nitrogen and oxygen atoms in total. The van der Waals surface area contributed by atoms with Gasteiger partial charge in [0.05, 0.1) is 19.1 Å². The molecule has 2 amide bonds. The van der Waals surface area contributed by atoms with E-state index in [1.165, 1.54) is 0 Å². The summed E-state index contributed by atoms with van der Waals surface area (Å²) in [7, 11) is 0. The van der Waals surface area contributed by atoms with Crippen molar-refractivity contribution in [3.05, 3.63) is 35.9 Å². The van der Waals surface area contributed by atoms with Crippen LogP contribution in [0.3, 0.4) is 0 Å². The lowest BCUT2D eigenvalue weighted by atomic mass is 10.0. The Hall–Kier alpha value is -2.61. The molecule has 0 bridgehead atoms. The molecule has 0 fully saturated rings. The van der Waals surface area contributed by atoms with Crippen LogP contribution in [0.2, 0.25) is 0 Å². The zero-order valence-electron chi connectivity index (χ0n) is 18.4. The van der Waals surface area contributed by atoms with E-state index < -0.39 is 35.7 Å². The maximum atomic E-state index is 12.7. The Morgan fingerprint density at radius 2 is 1.70 bits per heavy atom. The van der Waals surface area contributed by atoms with Gasteiger partial charge in [0.2, 0.25) is 5.91 Å². The van der Waals surface area contributed by atoms with E-state index in [1.54, 1.807) is 20.8 Å². The van der Waals surface area contributed by atoms with Crippen molar-refractivity contribution in [2.75, 3.05) is 6.61 Å². The first-order valence-corrected chi connectivity index (χ1v) is 10.1. The van der Waals surface area contributed by atoms with Crippen LogP contribution in [0.15, 0.2) is 30.3 Å². The summed E-state index contributed by atoms with van der Waals surface area (Å²) in [6, 6.07) is 7.46. The van der Waals surface area contributed by atoms with Crippen molar-refractivity contribution in [3.63, 3.8) is 0 Å². The predicted molar refractivity (Wildman–Crippen MR) is 112 cm³/mol. The van der Waals surface area contributed by atoms with Gasteiger partial charge in [-0.3, -0.25) is 9.59 Å². The molecule has 1 aromatic rings. The number of aliphatic hydroxyl groups excluding tert-OH is 1. The van der Waals surface area contributed by atoms with Crippen molar-refractivity contribution in [3.8, 4) is 0 Å². The third kappa shape index (κ3) is 10.8. The number of hydrogen-bond acceptors (Lipinski definition) is 6. The Kier molecular flexibility index (Phi) is 10.3. The number of nitrogens with one attached hydrogen (secondary N) is 2. The van der Waals surface area contributed by atoms with Crippen molar-refractivity contribution >= 4 is 18.0 Å². The number of esters is 1. The minimum Gasteiger partial charge on any atom is -0.461 e. The van der Waals surface area contributed by atoms with Crippen LogP contribution in [-0.4, -0.2) is 47.4 Å². The maximum Gasteiger partial charge on any atom is 0.408 e. The molecule has 0 saturated carbocycles. The molecule has 1 aromatic carbocycles. The normalized spacial score (nSPS) is 13.3. The third-order valence-corrected chi connectivity index (χ3v) is 3.94. The Bertz CT molecular complexity index is 685. The zero-order chi connectivity index (χ0) is 22.7. The first-order valence-electron chi connectivity index (χ1n) is 10.1. The summed E-state index contributed by atoms with van der Waals surface area (Å²) >= 11 is 0. The SMILES string of the molecule is CC(C)C[C@H](CO)NC(=O)[C@H](CC(=O)OCc1ccccc1)NC(=O)OC(C)(C)C. The second kappa shape index (κ2) is 12.2. The van der Waals surface area contributed by atoms with Crippen LogP contribution < -0.4 is 10.6 Å². The molecule has 1 rings (SSSR count). The molecule has 0 aromatic heterocycles. The van der Waals surface area contributed by atoms with Crippen molar-refractivity contribution < 1.29 is 29.0 Å². The molecule has 2 atom stereocenters. The fourth-order valence-corrected chi connectivity index (χ4v) is 2.67. The number of carbonyl (C=O) groups is 3. The highest BCUT2D eigenvalue weighted by molar-refractivity contribution is 5.89. The van der Waals surface area contributed by atoms with E-state index in [4.69, 9.17) is 9.47 Å². The molecule has 0 aliphatic heterocycles. The van der Waals surface area contributed by atoms with Crippen LogP contribution in [0.4, 0.5) is 4.79 Å². The summed E-state index contributed by atoms with van der Waals surface area (Å²) in [5, 5.41) is 14.6. The topological polar surface area (TPSA) is 114 Å². The van der Waals surface area contributed by atoms with E-state index in [1.807, 2.05) is 44.2 Å². The molecule has 0 heterocycles. The van der Waals surface area contributed by atoms with Gasteiger partial charge in [0.25, 0.3) is 0 Å². The lowest BCUT2D eigenvalue weighted by Gasteiger charge is -2.25. The van der Waals surface area contributed by atoms with Gasteiger partial charge >= 0.3 is 12.1 Å². The van der Waals surface area contributed by atoms with Crippen molar-refractivity contribution in [2.45, 2.75) is 71.8 Å². The van der Waals surface area contributed by atoms with E-state index in [2.05, 4.69) is 10.6 Å². The van der Waals surface area contributed by atoms with Crippen molar-refractivity contribution in [1.82, 2.24) is 10.6 Å².